The molecular formula is C10H16N2O3. The lowest BCUT2D eigenvalue weighted by atomic mass is 10.3. The van der Waals surface area contributed by atoms with Gasteiger partial charge in [-0.1, -0.05) is 0 Å². The number of pyridine rings is 1. The van der Waals surface area contributed by atoms with Crippen molar-refractivity contribution in [3.05, 3.63) is 18.3 Å². The minimum absolute atomic E-state index is 0.309. The third-order valence-electron chi connectivity index (χ3n) is 1.85. The zero-order valence-corrected chi connectivity index (χ0v) is 8.93. The van der Waals surface area contributed by atoms with E-state index in [1.807, 2.05) is 0 Å². The van der Waals surface area contributed by atoms with Crippen LogP contribution in [0.25, 0.3) is 0 Å². The minimum Gasteiger partial charge on any atom is -0.495 e. The summed E-state index contributed by atoms with van der Waals surface area (Å²) in [4.78, 5) is 4.09. The van der Waals surface area contributed by atoms with Crippen LogP contribution < -0.4 is 10.1 Å². The number of hydrogen-bond donors (Lipinski definition) is 2. The smallest absolute Gasteiger partial charge is 0.137 e. The molecule has 1 atom stereocenters. The highest BCUT2D eigenvalue weighted by Gasteiger charge is 2.03. The number of nitrogens with one attached hydrogen (secondary N) is 1. The van der Waals surface area contributed by atoms with Crippen LogP contribution in [0, 0.1) is 0 Å². The lowest BCUT2D eigenvalue weighted by molar-refractivity contribution is 0.0727. The SMILES string of the molecule is COCC(O)CNc1ccc(OC)cn1. The fourth-order valence-electron chi connectivity index (χ4n) is 1.08. The van der Waals surface area contributed by atoms with E-state index in [0.717, 1.165) is 0 Å². The van der Waals surface area contributed by atoms with Crippen molar-refractivity contribution in [3.63, 3.8) is 0 Å². The molecule has 84 valence electrons. The molecule has 0 aliphatic carbocycles. The molecule has 0 fully saturated rings. The van der Waals surface area contributed by atoms with E-state index in [2.05, 4.69) is 10.3 Å². The minimum atomic E-state index is -0.529. The van der Waals surface area contributed by atoms with Gasteiger partial charge in [0.05, 0.1) is 26.0 Å². The zero-order valence-electron chi connectivity index (χ0n) is 8.93. The Morgan fingerprint density at radius 1 is 1.47 bits per heavy atom. The second kappa shape index (κ2) is 6.21. The molecule has 0 spiro atoms. The first-order chi connectivity index (χ1) is 7.26. The number of hydrogen-bond acceptors (Lipinski definition) is 5. The lowest BCUT2D eigenvalue weighted by Gasteiger charge is -2.11. The Balaban J connectivity index is 2.37. The number of methoxy groups -OCH3 is 2. The third kappa shape index (κ3) is 4.14. The molecule has 2 N–H and O–H groups in total. The van der Waals surface area contributed by atoms with Gasteiger partial charge in [0.1, 0.15) is 11.6 Å². The van der Waals surface area contributed by atoms with E-state index < -0.39 is 6.10 Å². The van der Waals surface area contributed by atoms with Gasteiger partial charge in [0, 0.05) is 13.7 Å². The number of aliphatic hydroxyl groups excluding tert-OH is 1. The van der Waals surface area contributed by atoms with E-state index in [1.54, 1.807) is 32.5 Å². The summed E-state index contributed by atoms with van der Waals surface area (Å²) in [5.74, 6) is 1.41. The quantitative estimate of drug-likeness (QED) is 0.719. The maximum atomic E-state index is 9.37. The molecule has 0 aliphatic rings. The van der Waals surface area contributed by atoms with Crippen molar-refractivity contribution in [2.75, 3.05) is 32.7 Å². The lowest BCUT2D eigenvalue weighted by Crippen LogP contribution is -2.24. The molecule has 0 aromatic carbocycles. The maximum absolute atomic E-state index is 9.37. The molecule has 1 heterocycles. The molecule has 0 saturated heterocycles. The van der Waals surface area contributed by atoms with Gasteiger partial charge < -0.3 is 19.9 Å². The van der Waals surface area contributed by atoms with Crippen molar-refractivity contribution >= 4 is 5.82 Å². The van der Waals surface area contributed by atoms with Crippen LogP contribution in [-0.2, 0) is 4.74 Å². The van der Waals surface area contributed by atoms with E-state index in [4.69, 9.17) is 9.47 Å². The Labute approximate surface area is 89.0 Å². The molecular weight excluding hydrogens is 196 g/mol. The number of aromatic nitrogens is 1. The highest BCUT2D eigenvalue weighted by Crippen LogP contribution is 2.10. The number of aliphatic hydroxyl groups is 1. The van der Waals surface area contributed by atoms with E-state index in [-0.39, 0.29) is 0 Å². The molecule has 0 aliphatic heterocycles. The van der Waals surface area contributed by atoms with Crippen LogP contribution in [-0.4, -0.2) is 43.6 Å². The van der Waals surface area contributed by atoms with E-state index in [1.165, 1.54) is 0 Å². The highest BCUT2D eigenvalue weighted by molar-refractivity contribution is 5.37. The van der Waals surface area contributed by atoms with Crippen LogP contribution in [0.1, 0.15) is 0 Å². The molecule has 0 bridgehead atoms. The predicted octanol–water partition coefficient (Wildman–Crippen LogP) is 0.509. The van der Waals surface area contributed by atoms with E-state index >= 15 is 0 Å². The van der Waals surface area contributed by atoms with Gasteiger partial charge in [-0.2, -0.15) is 0 Å². The van der Waals surface area contributed by atoms with Crippen molar-refractivity contribution in [1.29, 1.82) is 0 Å². The van der Waals surface area contributed by atoms with Gasteiger partial charge >= 0.3 is 0 Å². The average Bonchev–Trinajstić information content (AvgIpc) is 2.27. The van der Waals surface area contributed by atoms with Gasteiger partial charge in [0.2, 0.25) is 0 Å². The molecule has 0 saturated carbocycles. The van der Waals surface area contributed by atoms with Gasteiger partial charge in [-0.05, 0) is 12.1 Å². The summed E-state index contributed by atoms with van der Waals surface area (Å²) < 4.78 is 9.77. The van der Waals surface area contributed by atoms with E-state index in [9.17, 15) is 5.11 Å². The van der Waals surface area contributed by atoms with Crippen molar-refractivity contribution in [2.24, 2.45) is 0 Å². The first-order valence-corrected chi connectivity index (χ1v) is 4.67. The summed E-state index contributed by atoms with van der Waals surface area (Å²) in [6.07, 6.45) is 1.09. The van der Waals surface area contributed by atoms with Gasteiger partial charge in [-0.15, -0.1) is 0 Å². The Bertz CT molecular complexity index is 277. The van der Waals surface area contributed by atoms with Crippen LogP contribution in [0.3, 0.4) is 0 Å². The highest BCUT2D eigenvalue weighted by atomic mass is 16.5. The van der Waals surface area contributed by atoms with Gasteiger partial charge in [-0.25, -0.2) is 4.98 Å². The van der Waals surface area contributed by atoms with Gasteiger partial charge in [-0.3, -0.25) is 0 Å². The van der Waals surface area contributed by atoms with Crippen LogP contribution in [0.15, 0.2) is 18.3 Å². The van der Waals surface area contributed by atoms with Crippen molar-refractivity contribution < 1.29 is 14.6 Å². The average molecular weight is 212 g/mol. The molecule has 1 rings (SSSR count). The van der Waals surface area contributed by atoms with Gasteiger partial charge in [0.15, 0.2) is 0 Å². The second-order valence-corrected chi connectivity index (χ2v) is 3.07. The Morgan fingerprint density at radius 2 is 2.27 bits per heavy atom. The summed E-state index contributed by atoms with van der Waals surface area (Å²) in [6, 6.07) is 3.59. The fourth-order valence-corrected chi connectivity index (χ4v) is 1.08. The normalized spacial score (nSPS) is 12.2. The summed E-state index contributed by atoms with van der Waals surface area (Å²) in [6.45, 7) is 0.719. The van der Waals surface area contributed by atoms with Crippen LogP contribution in [0.5, 0.6) is 5.75 Å². The van der Waals surface area contributed by atoms with Crippen molar-refractivity contribution in [1.82, 2.24) is 4.98 Å². The topological polar surface area (TPSA) is 63.6 Å². The van der Waals surface area contributed by atoms with Crippen LogP contribution in [0.2, 0.25) is 0 Å². The van der Waals surface area contributed by atoms with Gasteiger partial charge in [0.25, 0.3) is 0 Å². The molecule has 5 heteroatoms. The molecule has 5 nitrogen and oxygen atoms in total. The van der Waals surface area contributed by atoms with Crippen molar-refractivity contribution in [3.8, 4) is 5.75 Å². The largest absolute Gasteiger partial charge is 0.495 e. The maximum Gasteiger partial charge on any atom is 0.137 e. The molecule has 15 heavy (non-hydrogen) atoms. The Hall–Kier alpha value is -1.33. The monoisotopic (exact) mass is 212 g/mol. The second-order valence-electron chi connectivity index (χ2n) is 3.07. The Kier molecular flexibility index (Phi) is 4.86. The molecule has 0 amide bonds. The number of anilines is 1. The molecule has 1 unspecified atom stereocenters. The molecule has 1 aromatic heterocycles. The summed E-state index contributed by atoms with van der Waals surface area (Å²) in [5.41, 5.74) is 0. The Morgan fingerprint density at radius 3 is 2.80 bits per heavy atom. The summed E-state index contributed by atoms with van der Waals surface area (Å²) in [7, 11) is 3.14. The third-order valence-corrected chi connectivity index (χ3v) is 1.85. The van der Waals surface area contributed by atoms with Crippen LogP contribution in [0.4, 0.5) is 5.82 Å². The molecule has 0 radical (unpaired) electrons. The number of rotatable bonds is 6. The van der Waals surface area contributed by atoms with Crippen LogP contribution >= 0.6 is 0 Å². The number of ether oxygens (including phenoxy) is 2. The van der Waals surface area contributed by atoms with Crippen molar-refractivity contribution in [2.45, 2.75) is 6.10 Å². The first-order valence-electron chi connectivity index (χ1n) is 4.67. The predicted molar refractivity (Wildman–Crippen MR) is 57.2 cm³/mol. The summed E-state index contributed by atoms with van der Waals surface area (Å²) in [5, 5.41) is 12.4. The fraction of sp³-hybridized carbons (Fsp3) is 0.500. The molecule has 1 aromatic rings. The first kappa shape index (κ1) is 11.7. The summed E-state index contributed by atoms with van der Waals surface area (Å²) >= 11 is 0. The zero-order chi connectivity index (χ0) is 11.1. The van der Waals surface area contributed by atoms with E-state index in [0.29, 0.717) is 24.7 Å². The number of nitrogens with zero attached hydrogens (tertiary/aromatic N) is 1. The standard InChI is InChI=1S/C10H16N2O3/c1-14-7-8(13)5-11-10-4-3-9(15-2)6-12-10/h3-4,6,8,13H,5,7H2,1-2H3,(H,11,12).